The van der Waals surface area contributed by atoms with E-state index in [1.807, 2.05) is 27.7 Å². The van der Waals surface area contributed by atoms with Crippen LogP contribution in [0.2, 0.25) is 0 Å². The van der Waals surface area contributed by atoms with Crippen LogP contribution in [0.15, 0.2) is 0 Å². The Labute approximate surface area is 118 Å². The van der Waals surface area contributed by atoms with Gasteiger partial charge in [-0.25, -0.2) is 0 Å². The Balaban J connectivity index is 2.81. The lowest BCUT2D eigenvalue weighted by atomic mass is 9.99. The molecule has 0 aliphatic carbocycles. The molecule has 1 fully saturated rings. The van der Waals surface area contributed by atoms with Gasteiger partial charge >= 0.3 is 0 Å². The van der Waals surface area contributed by atoms with Gasteiger partial charge in [0.15, 0.2) is 0 Å². The highest BCUT2D eigenvalue weighted by molar-refractivity contribution is 7.86. The number of rotatable bonds is 6. The Morgan fingerprint density at radius 2 is 1.84 bits per heavy atom. The smallest absolute Gasteiger partial charge is 0.282 e. The third-order valence-electron chi connectivity index (χ3n) is 3.80. The van der Waals surface area contributed by atoms with Crippen molar-refractivity contribution in [1.29, 1.82) is 0 Å². The largest absolute Gasteiger partial charge is 0.316 e. The van der Waals surface area contributed by atoms with Crippen LogP contribution < -0.4 is 5.32 Å². The van der Waals surface area contributed by atoms with Gasteiger partial charge in [0.1, 0.15) is 0 Å². The molecule has 6 heteroatoms. The minimum absolute atomic E-state index is 0.00636. The summed E-state index contributed by atoms with van der Waals surface area (Å²) in [6.45, 7) is 10.3. The van der Waals surface area contributed by atoms with E-state index < -0.39 is 10.2 Å². The minimum Gasteiger partial charge on any atom is -0.316 e. The lowest BCUT2D eigenvalue weighted by molar-refractivity contribution is 0.244. The second-order valence-corrected chi connectivity index (χ2v) is 7.93. The number of piperidine rings is 1. The maximum atomic E-state index is 12.6. The zero-order chi connectivity index (χ0) is 14.6. The highest BCUT2D eigenvalue weighted by atomic mass is 32.2. The molecular weight excluding hydrogens is 262 g/mol. The molecule has 19 heavy (non-hydrogen) atoms. The van der Waals surface area contributed by atoms with Gasteiger partial charge in [-0.2, -0.15) is 17.0 Å². The Bertz CT molecular complexity index is 362. The molecule has 1 unspecified atom stereocenters. The van der Waals surface area contributed by atoms with Crippen LogP contribution in [0.1, 0.15) is 40.5 Å². The molecule has 0 aromatic carbocycles. The fraction of sp³-hybridized carbons (Fsp3) is 1.00. The predicted molar refractivity (Wildman–Crippen MR) is 79.3 cm³/mol. The summed E-state index contributed by atoms with van der Waals surface area (Å²) in [5.41, 5.74) is 0. The van der Waals surface area contributed by atoms with Crippen LogP contribution in [-0.4, -0.2) is 55.8 Å². The first-order valence-electron chi connectivity index (χ1n) is 7.22. The molecule has 0 saturated carbocycles. The third kappa shape index (κ3) is 4.41. The van der Waals surface area contributed by atoms with Crippen molar-refractivity contribution >= 4 is 10.2 Å². The first kappa shape index (κ1) is 16.9. The third-order valence-corrected chi connectivity index (χ3v) is 6.11. The zero-order valence-corrected chi connectivity index (χ0v) is 13.7. The summed E-state index contributed by atoms with van der Waals surface area (Å²) < 4.78 is 28.3. The lowest BCUT2D eigenvalue weighted by Crippen LogP contribution is -2.50. The molecule has 1 heterocycles. The Morgan fingerprint density at radius 3 is 2.26 bits per heavy atom. The van der Waals surface area contributed by atoms with Crippen LogP contribution in [0.25, 0.3) is 0 Å². The fourth-order valence-electron chi connectivity index (χ4n) is 2.34. The van der Waals surface area contributed by atoms with Gasteiger partial charge in [-0.3, -0.25) is 0 Å². The zero-order valence-electron chi connectivity index (χ0n) is 12.9. The van der Waals surface area contributed by atoms with Crippen molar-refractivity contribution < 1.29 is 8.42 Å². The van der Waals surface area contributed by atoms with Crippen LogP contribution in [0, 0.1) is 5.92 Å². The fourth-order valence-corrected chi connectivity index (χ4v) is 4.13. The minimum atomic E-state index is -3.36. The molecule has 0 amide bonds. The Morgan fingerprint density at radius 1 is 1.21 bits per heavy atom. The first-order chi connectivity index (χ1) is 8.76. The lowest BCUT2D eigenvalue weighted by Gasteiger charge is -2.35. The maximum Gasteiger partial charge on any atom is 0.282 e. The van der Waals surface area contributed by atoms with E-state index in [1.165, 1.54) is 4.31 Å². The van der Waals surface area contributed by atoms with E-state index in [-0.39, 0.29) is 12.1 Å². The van der Waals surface area contributed by atoms with E-state index in [2.05, 4.69) is 5.32 Å². The molecule has 0 bridgehead atoms. The van der Waals surface area contributed by atoms with Gasteiger partial charge < -0.3 is 5.32 Å². The number of hydrogen-bond acceptors (Lipinski definition) is 3. The summed E-state index contributed by atoms with van der Waals surface area (Å²) in [4.78, 5) is 0. The van der Waals surface area contributed by atoms with Gasteiger partial charge in [0, 0.05) is 25.7 Å². The average molecular weight is 291 g/mol. The molecule has 1 aliphatic rings. The average Bonchev–Trinajstić information content (AvgIpc) is 2.35. The number of nitrogens with one attached hydrogen (secondary N) is 1. The van der Waals surface area contributed by atoms with Crippen molar-refractivity contribution in [1.82, 2.24) is 13.9 Å². The van der Waals surface area contributed by atoms with Crippen LogP contribution in [0.4, 0.5) is 0 Å². The molecule has 5 nitrogen and oxygen atoms in total. The number of nitrogens with zero attached hydrogens (tertiary/aromatic N) is 2. The Kier molecular flexibility index (Phi) is 6.23. The molecule has 0 aromatic rings. The maximum absolute atomic E-state index is 12.6. The topological polar surface area (TPSA) is 52.7 Å². The molecule has 0 spiro atoms. The molecule has 1 rings (SSSR count). The van der Waals surface area contributed by atoms with Gasteiger partial charge in [0.05, 0.1) is 0 Å². The monoisotopic (exact) mass is 291 g/mol. The van der Waals surface area contributed by atoms with Gasteiger partial charge in [-0.1, -0.05) is 0 Å². The highest BCUT2D eigenvalue weighted by Crippen LogP contribution is 2.19. The van der Waals surface area contributed by atoms with Crippen LogP contribution in [0.5, 0.6) is 0 Å². The van der Waals surface area contributed by atoms with E-state index in [0.29, 0.717) is 12.5 Å². The van der Waals surface area contributed by atoms with Gasteiger partial charge in [0.25, 0.3) is 10.2 Å². The normalized spacial score (nSPS) is 21.8. The standard InChI is InChI=1S/C13H29N3O2S/c1-11(2)15(5)19(17,18)16(12(3)4)10-13-7-6-8-14-9-13/h11-14H,6-10H2,1-5H3. The van der Waals surface area contributed by atoms with Gasteiger partial charge in [-0.05, 0) is 59.5 Å². The van der Waals surface area contributed by atoms with Gasteiger partial charge in [0.2, 0.25) is 0 Å². The van der Waals surface area contributed by atoms with Crippen molar-refractivity contribution in [2.75, 3.05) is 26.7 Å². The summed E-state index contributed by atoms with van der Waals surface area (Å²) >= 11 is 0. The summed E-state index contributed by atoms with van der Waals surface area (Å²) in [7, 11) is -1.70. The Hall–Kier alpha value is -0.170. The first-order valence-corrected chi connectivity index (χ1v) is 8.62. The van der Waals surface area contributed by atoms with Crippen LogP contribution in [-0.2, 0) is 10.2 Å². The van der Waals surface area contributed by atoms with Crippen molar-refractivity contribution in [3.05, 3.63) is 0 Å². The molecule has 1 saturated heterocycles. The summed E-state index contributed by atoms with van der Waals surface area (Å²) in [6, 6.07) is -0.0242. The number of hydrogen-bond donors (Lipinski definition) is 1. The van der Waals surface area contributed by atoms with Gasteiger partial charge in [-0.15, -0.1) is 0 Å². The summed E-state index contributed by atoms with van der Waals surface area (Å²) in [5, 5.41) is 3.35. The SMILES string of the molecule is CC(C)N(C)S(=O)(=O)N(CC1CCCNC1)C(C)C. The summed E-state index contributed by atoms with van der Waals surface area (Å²) in [6.07, 6.45) is 2.24. The highest BCUT2D eigenvalue weighted by Gasteiger charge is 2.32. The van der Waals surface area contributed by atoms with Crippen molar-refractivity contribution in [3.63, 3.8) is 0 Å². The van der Waals surface area contributed by atoms with E-state index in [0.717, 1.165) is 25.9 Å². The second kappa shape index (κ2) is 7.02. The molecule has 114 valence electrons. The summed E-state index contributed by atoms with van der Waals surface area (Å²) in [5.74, 6) is 0.423. The molecule has 1 N–H and O–H groups in total. The molecule has 0 aromatic heterocycles. The second-order valence-electron chi connectivity index (χ2n) is 5.99. The van der Waals surface area contributed by atoms with Crippen LogP contribution in [0.3, 0.4) is 0 Å². The molecule has 1 aliphatic heterocycles. The molecule has 0 radical (unpaired) electrons. The quantitative estimate of drug-likeness (QED) is 0.802. The van der Waals surface area contributed by atoms with E-state index >= 15 is 0 Å². The molecule has 1 atom stereocenters. The van der Waals surface area contributed by atoms with E-state index in [4.69, 9.17) is 0 Å². The predicted octanol–water partition coefficient (Wildman–Crippen LogP) is 1.28. The van der Waals surface area contributed by atoms with Crippen LogP contribution >= 0.6 is 0 Å². The van der Waals surface area contributed by atoms with E-state index in [9.17, 15) is 8.42 Å². The van der Waals surface area contributed by atoms with E-state index in [1.54, 1.807) is 11.4 Å². The molecular formula is C13H29N3O2S. The van der Waals surface area contributed by atoms with Crippen molar-refractivity contribution in [2.24, 2.45) is 5.92 Å². The van der Waals surface area contributed by atoms with Crippen molar-refractivity contribution in [2.45, 2.75) is 52.6 Å². The van der Waals surface area contributed by atoms with Crippen molar-refractivity contribution in [3.8, 4) is 0 Å².